The molecule has 1 N–H and O–H groups in total. The monoisotopic (exact) mass is 282 g/mol. The third kappa shape index (κ3) is 2.55. The number of aryl methyl sites for hydroxylation is 1. The molecule has 0 unspecified atom stereocenters. The molecule has 0 saturated heterocycles. The lowest BCUT2D eigenvalue weighted by molar-refractivity contribution is 0.0950. The quantitative estimate of drug-likeness (QED) is 0.778. The lowest BCUT2D eigenvalue weighted by atomic mass is 10.2. The van der Waals surface area contributed by atoms with E-state index in [0.717, 1.165) is 11.1 Å². The van der Waals surface area contributed by atoms with Crippen LogP contribution in [0.15, 0.2) is 53.7 Å². The standard InChI is InChI=1S/C15H14N4O2/c1-18-10-12(4-5-14(18)20)15(21)16-9-11-3-2-8-19-13(11)6-7-17-19/h2-8,10H,9H2,1H3,(H,16,21). The third-order valence-electron chi connectivity index (χ3n) is 3.31. The largest absolute Gasteiger partial charge is 0.348 e. The van der Waals surface area contributed by atoms with Crippen molar-refractivity contribution in [3.8, 4) is 0 Å². The van der Waals surface area contributed by atoms with Gasteiger partial charge in [-0.1, -0.05) is 6.07 Å². The second-order valence-electron chi connectivity index (χ2n) is 4.74. The van der Waals surface area contributed by atoms with Crippen molar-refractivity contribution in [3.05, 3.63) is 70.4 Å². The molecule has 0 aromatic carbocycles. The molecule has 3 aromatic rings. The van der Waals surface area contributed by atoms with Gasteiger partial charge in [0.15, 0.2) is 0 Å². The zero-order valence-electron chi connectivity index (χ0n) is 11.5. The summed E-state index contributed by atoms with van der Waals surface area (Å²) in [5.41, 5.74) is 2.25. The summed E-state index contributed by atoms with van der Waals surface area (Å²) in [5, 5.41) is 7.00. The van der Waals surface area contributed by atoms with Crippen molar-refractivity contribution in [1.29, 1.82) is 0 Å². The first-order chi connectivity index (χ1) is 10.1. The van der Waals surface area contributed by atoms with Crippen molar-refractivity contribution in [1.82, 2.24) is 19.5 Å². The van der Waals surface area contributed by atoms with Gasteiger partial charge in [-0.05, 0) is 23.8 Å². The first-order valence-electron chi connectivity index (χ1n) is 6.51. The number of hydrogen-bond donors (Lipinski definition) is 1. The summed E-state index contributed by atoms with van der Waals surface area (Å²) in [6, 6.07) is 8.63. The van der Waals surface area contributed by atoms with Gasteiger partial charge in [0, 0.05) is 38.2 Å². The Morgan fingerprint density at radius 3 is 2.95 bits per heavy atom. The minimum atomic E-state index is -0.216. The second kappa shape index (κ2) is 5.24. The maximum Gasteiger partial charge on any atom is 0.253 e. The summed E-state index contributed by atoms with van der Waals surface area (Å²) in [7, 11) is 1.62. The summed E-state index contributed by atoms with van der Waals surface area (Å²) < 4.78 is 3.14. The number of carbonyl (C=O) groups is 1. The molecule has 6 heteroatoms. The number of pyridine rings is 2. The van der Waals surface area contributed by atoms with Crippen LogP contribution >= 0.6 is 0 Å². The zero-order valence-corrected chi connectivity index (χ0v) is 11.5. The van der Waals surface area contributed by atoms with Gasteiger partial charge in [0.2, 0.25) is 5.56 Å². The van der Waals surface area contributed by atoms with Crippen LogP contribution in [0.4, 0.5) is 0 Å². The Kier molecular flexibility index (Phi) is 3.27. The summed E-state index contributed by atoms with van der Waals surface area (Å²) in [5.74, 6) is -0.216. The van der Waals surface area contributed by atoms with E-state index in [4.69, 9.17) is 0 Å². The Bertz CT molecular complexity index is 863. The smallest absolute Gasteiger partial charge is 0.253 e. The highest BCUT2D eigenvalue weighted by Crippen LogP contribution is 2.09. The fraction of sp³-hybridized carbons (Fsp3) is 0.133. The highest BCUT2D eigenvalue weighted by molar-refractivity contribution is 5.93. The molecule has 0 aliphatic rings. The Labute approximate surface area is 120 Å². The number of hydrogen-bond acceptors (Lipinski definition) is 3. The summed E-state index contributed by atoms with van der Waals surface area (Å²) in [6.07, 6.45) is 5.10. The molecule has 3 rings (SSSR count). The van der Waals surface area contributed by atoms with E-state index in [1.54, 1.807) is 17.8 Å². The van der Waals surface area contributed by atoms with Crippen molar-refractivity contribution >= 4 is 11.4 Å². The number of fused-ring (bicyclic) bond motifs is 1. The van der Waals surface area contributed by atoms with E-state index in [1.807, 2.05) is 24.4 Å². The molecule has 1 amide bonds. The molecular weight excluding hydrogens is 268 g/mol. The SMILES string of the molecule is Cn1cc(C(=O)NCc2cccn3nccc23)ccc1=O. The van der Waals surface area contributed by atoms with Gasteiger partial charge in [0.1, 0.15) is 0 Å². The van der Waals surface area contributed by atoms with Crippen molar-refractivity contribution in [2.45, 2.75) is 6.54 Å². The van der Waals surface area contributed by atoms with E-state index in [1.165, 1.54) is 22.9 Å². The summed E-state index contributed by atoms with van der Waals surface area (Å²) >= 11 is 0. The molecule has 21 heavy (non-hydrogen) atoms. The average Bonchev–Trinajstić information content (AvgIpc) is 2.96. The summed E-state index contributed by atoms with van der Waals surface area (Å²) in [4.78, 5) is 23.4. The van der Waals surface area contributed by atoms with Crippen LogP contribution in [0.3, 0.4) is 0 Å². The van der Waals surface area contributed by atoms with Crippen LogP contribution in [-0.4, -0.2) is 20.1 Å². The maximum atomic E-state index is 12.1. The third-order valence-corrected chi connectivity index (χ3v) is 3.31. The molecule has 0 spiro atoms. The molecule has 0 radical (unpaired) electrons. The fourth-order valence-electron chi connectivity index (χ4n) is 2.17. The van der Waals surface area contributed by atoms with Crippen molar-refractivity contribution in [2.75, 3.05) is 0 Å². The van der Waals surface area contributed by atoms with Crippen LogP contribution in [0.25, 0.3) is 5.52 Å². The lowest BCUT2D eigenvalue weighted by Gasteiger charge is -2.07. The van der Waals surface area contributed by atoms with E-state index < -0.39 is 0 Å². The van der Waals surface area contributed by atoms with Crippen LogP contribution < -0.4 is 10.9 Å². The topological polar surface area (TPSA) is 68.4 Å². The van der Waals surface area contributed by atoms with Crippen LogP contribution in [0, 0.1) is 0 Å². The van der Waals surface area contributed by atoms with E-state index in [-0.39, 0.29) is 11.5 Å². The number of rotatable bonds is 3. The van der Waals surface area contributed by atoms with Gasteiger partial charge in [-0.25, -0.2) is 4.52 Å². The number of carbonyl (C=O) groups excluding carboxylic acids is 1. The van der Waals surface area contributed by atoms with Gasteiger partial charge < -0.3 is 9.88 Å². The predicted octanol–water partition coefficient (Wildman–Crippen LogP) is 0.963. The van der Waals surface area contributed by atoms with Gasteiger partial charge in [-0.2, -0.15) is 5.10 Å². The minimum absolute atomic E-state index is 0.143. The van der Waals surface area contributed by atoms with Crippen LogP contribution in [0.5, 0.6) is 0 Å². The first kappa shape index (κ1) is 13.1. The molecule has 6 nitrogen and oxygen atoms in total. The van der Waals surface area contributed by atoms with Gasteiger partial charge in [0.25, 0.3) is 5.91 Å². The van der Waals surface area contributed by atoms with Crippen LogP contribution in [0.2, 0.25) is 0 Å². The molecule has 0 saturated carbocycles. The Hall–Kier alpha value is -2.89. The average molecular weight is 282 g/mol. The zero-order chi connectivity index (χ0) is 14.8. The van der Waals surface area contributed by atoms with E-state index >= 15 is 0 Å². The first-order valence-corrected chi connectivity index (χ1v) is 6.51. The number of aromatic nitrogens is 3. The molecule has 106 valence electrons. The van der Waals surface area contributed by atoms with E-state index in [0.29, 0.717) is 12.1 Å². The lowest BCUT2D eigenvalue weighted by Crippen LogP contribution is -2.25. The second-order valence-corrected chi connectivity index (χ2v) is 4.74. The highest BCUT2D eigenvalue weighted by Gasteiger charge is 2.08. The molecule has 0 fully saturated rings. The molecule has 3 heterocycles. The van der Waals surface area contributed by atoms with Crippen molar-refractivity contribution < 1.29 is 4.79 Å². The van der Waals surface area contributed by atoms with Crippen molar-refractivity contribution in [2.24, 2.45) is 7.05 Å². The Morgan fingerprint density at radius 2 is 2.14 bits per heavy atom. The maximum absolute atomic E-state index is 12.1. The van der Waals surface area contributed by atoms with Crippen LogP contribution in [-0.2, 0) is 13.6 Å². The van der Waals surface area contributed by atoms with Gasteiger partial charge in [-0.15, -0.1) is 0 Å². The summed E-state index contributed by atoms with van der Waals surface area (Å²) in [6.45, 7) is 0.401. The highest BCUT2D eigenvalue weighted by atomic mass is 16.2. The van der Waals surface area contributed by atoms with E-state index in [9.17, 15) is 9.59 Å². The predicted molar refractivity (Wildman–Crippen MR) is 78.0 cm³/mol. The molecule has 0 atom stereocenters. The van der Waals surface area contributed by atoms with E-state index in [2.05, 4.69) is 10.4 Å². The Balaban J connectivity index is 1.78. The van der Waals surface area contributed by atoms with Gasteiger partial charge >= 0.3 is 0 Å². The molecular formula is C15H14N4O2. The molecule has 0 aliphatic carbocycles. The molecule has 3 aromatic heterocycles. The fourth-order valence-corrected chi connectivity index (χ4v) is 2.17. The minimum Gasteiger partial charge on any atom is -0.348 e. The number of nitrogens with zero attached hydrogens (tertiary/aromatic N) is 3. The molecule has 0 aliphatic heterocycles. The van der Waals surface area contributed by atoms with Gasteiger partial charge in [0.05, 0.1) is 11.1 Å². The van der Waals surface area contributed by atoms with Gasteiger partial charge in [-0.3, -0.25) is 9.59 Å². The number of nitrogens with one attached hydrogen (secondary N) is 1. The molecule has 0 bridgehead atoms. The van der Waals surface area contributed by atoms with Crippen LogP contribution in [0.1, 0.15) is 15.9 Å². The van der Waals surface area contributed by atoms with Crippen molar-refractivity contribution in [3.63, 3.8) is 0 Å². The Morgan fingerprint density at radius 1 is 1.29 bits per heavy atom. The normalized spacial score (nSPS) is 10.7. The number of amides is 1.